The molecule has 3 aliphatic rings. The highest BCUT2D eigenvalue weighted by atomic mass is 16.5. The molecule has 11 nitrogen and oxygen atoms in total. The predicted octanol–water partition coefficient (Wildman–Crippen LogP) is 1.86. The molecular weight excluding hydrogens is 480 g/mol. The fraction of sp³-hybridized carbons (Fsp3) is 0.615. The van der Waals surface area contributed by atoms with Crippen molar-refractivity contribution in [2.45, 2.75) is 69.5 Å². The number of fused-ring (bicyclic) bond motifs is 1. The van der Waals surface area contributed by atoms with Crippen LogP contribution in [0.3, 0.4) is 0 Å². The number of hydrogen-bond acceptors (Lipinski definition) is 7. The molecule has 2 heterocycles. The molecule has 0 bridgehead atoms. The standard InChI is InChI=1S/C26H36N4O7/c1-14-17(36-2)11-10-16(21(14)37-3)20-18-19(23(32)30(22(18)31)15-8-5-4-6-9-15)26(29-20,24(33)34)12-7-13-28-25(27)35/h10-11,15,18-20,29H,4-9,12-13H2,1-3H3,(H,33,34)(H3,27,28,35). The highest BCUT2D eigenvalue weighted by Gasteiger charge is 2.69. The van der Waals surface area contributed by atoms with E-state index in [0.29, 0.717) is 22.6 Å². The maximum absolute atomic E-state index is 14.0. The van der Waals surface area contributed by atoms with Crippen LogP contribution in [0, 0.1) is 18.8 Å². The Morgan fingerprint density at radius 3 is 2.46 bits per heavy atom. The van der Waals surface area contributed by atoms with Gasteiger partial charge in [-0.25, -0.2) is 4.79 Å². The van der Waals surface area contributed by atoms with Crippen molar-refractivity contribution >= 4 is 23.8 Å². The molecule has 2 aliphatic heterocycles. The number of carbonyl (C=O) groups is 4. The summed E-state index contributed by atoms with van der Waals surface area (Å²) in [5.74, 6) is -2.92. The number of amides is 4. The molecule has 2 saturated heterocycles. The van der Waals surface area contributed by atoms with Crippen LogP contribution in [0.5, 0.6) is 11.5 Å². The van der Waals surface area contributed by atoms with E-state index in [0.717, 1.165) is 32.1 Å². The summed E-state index contributed by atoms with van der Waals surface area (Å²) in [5, 5.41) is 16.2. The number of carboxylic acids is 1. The summed E-state index contributed by atoms with van der Waals surface area (Å²) in [5.41, 5.74) is 4.76. The zero-order valence-corrected chi connectivity index (χ0v) is 21.5. The largest absolute Gasteiger partial charge is 0.496 e. The van der Waals surface area contributed by atoms with Crippen LogP contribution in [-0.2, 0) is 14.4 Å². The van der Waals surface area contributed by atoms with Gasteiger partial charge in [-0.3, -0.25) is 24.6 Å². The molecule has 5 N–H and O–H groups in total. The smallest absolute Gasteiger partial charge is 0.324 e. The van der Waals surface area contributed by atoms with Gasteiger partial charge in [-0.1, -0.05) is 25.3 Å². The second-order valence-corrected chi connectivity index (χ2v) is 10.2. The van der Waals surface area contributed by atoms with E-state index >= 15 is 0 Å². The number of primary amides is 1. The fourth-order valence-electron chi connectivity index (χ4n) is 6.53. The summed E-state index contributed by atoms with van der Waals surface area (Å²) in [6.45, 7) is 1.97. The molecular formula is C26H36N4O7. The van der Waals surface area contributed by atoms with Crippen LogP contribution in [0.4, 0.5) is 4.79 Å². The van der Waals surface area contributed by atoms with Gasteiger partial charge in [0.05, 0.1) is 26.1 Å². The van der Waals surface area contributed by atoms with Crippen LogP contribution in [0.1, 0.15) is 62.1 Å². The van der Waals surface area contributed by atoms with E-state index in [2.05, 4.69) is 10.6 Å². The third-order valence-electron chi connectivity index (χ3n) is 8.20. The Kier molecular flexibility index (Phi) is 7.63. The first kappa shape index (κ1) is 26.7. The van der Waals surface area contributed by atoms with Gasteiger partial charge in [0.15, 0.2) is 0 Å². The molecule has 202 valence electrons. The molecule has 4 rings (SSSR count). The molecule has 11 heteroatoms. The van der Waals surface area contributed by atoms with Crippen molar-refractivity contribution in [1.29, 1.82) is 0 Å². The van der Waals surface area contributed by atoms with E-state index < -0.39 is 41.3 Å². The lowest BCUT2D eigenvalue weighted by Gasteiger charge is -2.35. The number of benzene rings is 1. The number of urea groups is 1. The Balaban J connectivity index is 1.80. The van der Waals surface area contributed by atoms with E-state index in [1.165, 1.54) is 12.0 Å². The van der Waals surface area contributed by atoms with Crippen LogP contribution in [0.15, 0.2) is 12.1 Å². The molecule has 1 aromatic carbocycles. The molecule has 1 aromatic rings. The minimum absolute atomic E-state index is 0.0231. The fourth-order valence-corrected chi connectivity index (χ4v) is 6.53. The first-order chi connectivity index (χ1) is 17.7. The molecule has 0 aromatic heterocycles. The average Bonchev–Trinajstić information content (AvgIpc) is 3.36. The van der Waals surface area contributed by atoms with Crippen molar-refractivity contribution in [1.82, 2.24) is 15.5 Å². The zero-order chi connectivity index (χ0) is 26.9. The van der Waals surface area contributed by atoms with E-state index in [-0.39, 0.29) is 31.3 Å². The number of hydrogen-bond donors (Lipinski definition) is 4. The lowest BCUT2D eigenvalue weighted by Crippen LogP contribution is -2.56. The minimum atomic E-state index is -1.70. The van der Waals surface area contributed by atoms with Crippen molar-refractivity contribution in [3.63, 3.8) is 0 Å². The monoisotopic (exact) mass is 516 g/mol. The average molecular weight is 517 g/mol. The van der Waals surface area contributed by atoms with Crippen molar-refractivity contribution in [3.8, 4) is 11.5 Å². The number of carbonyl (C=O) groups excluding carboxylic acids is 3. The van der Waals surface area contributed by atoms with Crippen molar-refractivity contribution in [2.75, 3.05) is 20.8 Å². The first-order valence-electron chi connectivity index (χ1n) is 12.8. The summed E-state index contributed by atoms with van der Waals surface area (Å²) in [6.07, 6.45) is 4.63. The van der Waals surface area contributed by atoms with Crippen LogP contribution in [0.25, 0.3) is 0 Å². The van der Waals surface area contributed by atoms with Crippen molar-refractivity contribution in [2.24, 2.45) is 17.6 Å². The van der Waals surface area contributed by atoms with Crippen molar-refractivity contribution < 1.29 is 33.8 Å². The van der Waals surface area contributed by atoms with E-state index in [9.17, 15) is 24.3 Å². The summed E-state index contributed by atoms with van der Waals surface area (Å²) >= 11 is 0. The molecule has 4 atom stereocenters. The van der Waals surface area contributed by atoms with Gasteiger partial charge in [-0.2, -0.15) is 0 Å². The number of methoxy groups -OCH3 is 2. The Labute approximate surface area is 216 Å². The van der Waals surface area contributed by atoms with Crippen LogP contribution in [0.2, 0.25) is 0 Å². The number of ether oxygens (including phenoxy) is 2. The second kappa shape index (κ2) is 10.6. The lowest BCUT2D eigenvalue weighted by atomic mass is 9.76. The number of likely N-dealkylation sites (tertiary alicyclic amines) is 1. The first-order valence-corrected chi connectivity index (χ1v) is 12.8. The van der Waals surface area contributed by atoms with Gasteiger partial charge in [0, 0.05) is 29.8 Å². The Morgan fingerprint density at radius 1 is 1.16 bits per heavy atom. The summed E-state index contributed by atoms with van der Waals surface area (Å²) in [6, 6.07) is 1.81. The minimum Gasteiger partial charge on any atom is -0.496 e. The van der Waals surface area contributed by atoms with Gasteiger partial charge in [-0.05, 0) is 38.7 Å². The topological polar surface area (TPSA) is 160 Å². The van der Waals surface area contributed by atoms with E-state index in [4.69, 9.17) is 15.2 Å². The Hall–Kier alpha value is -3.34. The molecule has 0 spiro atoms. The second-order valence-electron chi connectivity index (χ2n) is 10.2. The van der Waals surface area contributed by atoms with E-state index in [1.807, 2.05) is 6.92 Å². The van der Waals surface area contributed by atoms with Crippen LogP contribution < -0.4 is 25.8 Å². The molecule has 37 heavy (non-hydrogen) atoms. The Bertz CT molecular complexity index is 1090. The maximum Gasteiger partial charge on any atom is 0.324 e. The number of rotatable bonds is 9. The number of nitrogens with zero attached hydrogens (tertiary/aromatic N) is 1. The third-order valence-corrected chi connectivity index (χ3v) is 8.20. The van der Waals surface area contributed by atoms with Gasteiger partial charge < -0.3 is 25.6 Å². The number of carboxylic acid groups (broad SMARTS) is 1. The number of nitrogens with one attached hydrogen (secondary N) is 2. The summed E-state index contributed by atoms with van der Waals surface area (Å²) in [7, 11) is 3.05. The normalized spacial score (nSPS) is 27.8. The molecule has 0 radical (unpaired) electrons. The molecule has 3 fully saturated rings. The van der Waals surface area contributed by atoms with Gasteiger partial charge in [0.25, 0.3) is 0 Å². The Morgan fingerprint density at radius 2 is 1.86 bits per heavy atom. The number of nitrogens with two attached hydrogens (primary N) is 1. The highest BCUT2D eigenvalue weighted by molar-refractivity contribution is 6.09. The van der Waals surface area contributed by atoms with Gasteiger partial charge in [0.2, 0.25) is 11.8 Å². The summed E-state index contributed by atoms with van der Waals surface area (Å²) < 4.78 is 11.1. The van der Waals surface area contributed by atoms with Gasteiger partial charge in [-0.15, -0.1) is 0 Å². The molecule has 1 saturated carbocycles. The SMILES string of the molecule is COc1ccc(C2NC(CCCNC(N)=O)(C(=O)O)C3C(=O)N(C4CCCCC4)C(=O)C23)c(OC)c1C. The quantitative estimate of drug-likeness (QED) is 0.286. The third kappa shape index (κ3) is 4.49. The van der Waals surface area contributed by atoms with Gasteiger partial charge in [0.1, 0.15) is 17.0 Å². The number of imide groups is 1. The lowest BCUT2D eigenvalue weighted by molar-refractivity contribution is -0.153. The molecule has 4 unspecified atom stereocenters. The summed E-state index contributed by atoms with van der Waals surface area (Å²) in [4.78, 5) is 53.3. The predicted molar refractivity (Wildman–Crippen MR) is 133 cm³/mol. The van der Waals surface area contributed by atoms with Crippen LogP contribution >= 0.6 is 0 Å². The van der Waals surface area contributed by atoms with Gasteiger partial charge >= 0.3 is 12.0 Å². The molecule has 1 aliphatic carbocycles. The zero-order valence-electron chi connectivity index (χ0n) is 21.5. The molecule has 4 amide bonds. The van der Waals surface area contributed by atoms with Crippen LogP contribution in [-0.4, -0.2) is 66.2 Å². The highest BCUT2D eigenvalue weighted by Crippen LogP contribution is 2.53. The maximum atomic E-state index is 14.0. The number of aliphatic carboxylic acids is 1. The van der Waals surface area contributed by atoms with E-state index in [1.54, 1.807) is 19.2 Å². The van der Waals surface area contributed by atoms with Crippen molar-refractivity contribution in [3.05, 3.63) is 23.3 Å².